The second kappa shape index (κ2) is 11.8. The van der Waals surface area contributed by atoms with E-state index in [9.17, 15) is 19.8 Å². The van der Waals surface area contributed by atoms with Crippen LogP contribution in [0.25, 0.3) is 10.9 Å². The van der Waals surface area contributed by atoms with E-state index in [2.05, 4.69) is 4.90 Å². The summed E-state index contributed by atoms with van der Waals surface area (Å²) in [6, 6.07) is 7.16. The van der Waals surface area contributed by atoms with Crippen molar-refractivity contribution in [1.29, 1.82) is 0 Å². The summed E-state index contributed by atoms with van der Waals surface area (Å²) in [4.78, 5) is 27.3. The summed E-state index contributed by atoms with van der Waals surface area (Å²) in [5.41, 5.74) is 2.43. The molecule has 0 saturated carbocycles. The number of ether oxygens (including phenoxy) is 2. The van der Waals surface area contributed by atoms with Gasteiger partial charge in [-0.1, -0.05) is 18.5 Å². The molecule has 2 N–H and O–H groups in total. The van der Waals surface area contributed by atoms with E-state index in [1.54, 1.807) is 31.2 Å². The van der Waals surface area contributed by atoms with Crippen LogP contribution in [-0.4, -0.2) is 66.9 Å². The average molecular weight is 547 g/mol. The number of halogens is 2. The Labute approximate surface area is 225 Å². The molecule has 0 aliphatic carbocycles. The Morgan fingerprint density at radius 3 is 2.47 bits per heavy atom. The number of methoxy groups -OCH3 is 1. The summed E-state index contributed by atoms with van der Waals surface area (Å²) in [6.45, 7) is 5.77. The lowest BCUT2D eigenvalue weighted by atomic mass is 9.94. The van der Waals surface area contributed by atoms with Crippen molar-refractivity contribution in [1.82, 2.24) is 4.57 Å². The third kappa shape index (κ3) is 5.42. The van der Waals surface area contributed by atoms with E-state index >= 15 is 4.39 Å². The van der Waals surface area contributed by atoms with Gasteiger partial charge in [-0.2, -0.15) is 0 Å². The molecule has 0 unspecified atom stereocenters. The van der Waals surface area contributed by atoms with E-state index in [0.29, 0.717) is 43.8 Å². The number of aryl methyl sites for hydroxylation is 1. The SMILES string of the molecule is CCc1cc2c(cc1Cc1cc(N3CCOCC3)cc(Cl)c1F)c(=O)cc(C(=O)O)n2[C@H](CO)[C@@H](C)OC. The molecule has 3 aromatic rings. The van der Waals surface area contributed by atoms with E-state index in [-0.39, 0.29) is 22.5 Å². The Bertz CT molecular complexity index is 1400. The highest BCUT2D eigenvalue weighted by atomic mass is 35.5. The van der Waals surface area contributed by atoms with Gasteiger partial charge in [0.2, 0.25) is 0 Å². The highest BCUT2D eigenvalue weighted by Gasteiger charge is 2.26. The van der Waals surface area contributed by atoms with Gasteiger partial charge in [0.25, 0.3) is 0 Å². The van der Waals surface area contributed by atoms with E-state index in [0.717, 1.165) is 22.9 Å². The van der Waals surface area contributed by atoms with Gasteiger partial charge in [-0.15, -0.1) is 0 Å². The number of morpholine rings is 1. The predicted octanol–water partition coefficient (Wildman–Crippen LogP) is 4.05. The van der Waals surface area contributed by atoms with Crippen molar-refractivity contribution in [2.75, 3.05) is 44.9 Å². The lowest BCUT2D eigenvalue weighted by molar-refractivity contribution is 0.0426. The number of aromatic nitrogens is 1. The third-order valence-corrected chi connectivity index (χ3v) is 7.52. The minimum atomic E-state index is -1.29. The Kier molecular flexibility index (Phi) is 8.72. The van der Waals surface area contributed by atoms with Crippen LogP contribution in [0.5, 0.6) is 0 Å². The van der Waals surface area contributed by atoms with Gasteiger partial charge < -0.3 is 29.2 Å². The number of aromatic carboxylic acids is 1. The first-order chi connectivity index (χ1) is 18.2. The lowest BCUT2D eigenvalue weighted by Crippen LogP contribution is -2.36. The molecule has 0 bridgehead atoms. The van der Waals surface area contributed by atoms with Crippen LogP contribution in [0.15, 0.2) is 35.1 Å². The number of rotatable bonds is 9. The van der Waals surface area contributed by atoms with Crippen LogP contribution in [0.4, 0.5) is 10.1 Å². The summed E-state index contributed by atoms with van der Waals surface area (Å²) >= 11 is 6.28. The van der Waals surface area contributed by atoms with Crippen LogP contribution < -0.4 is 10.3 Å². The van der Waals surface area contributed by atoms with Crippen LogP contribution in [0, 0.1) is 5.82 Å². The highest BCUT2D eigenvalue weighted by Crippen LogP contribution is 2.31. The Morgan fingerprint density at radius 1 is 1.16 bits per heavy atom. The molecule has 204 valence electrons. The normalized spacial score (nSPS) is 15.6. The van der Waals surface area contributed by atoms with Crippen molar-refractivity contribution in [2.24, 2.45) is 0 Å². The van der Waals surface area contributed by atoms with E-state index in [4.69, 9.17) is 21.1 Å². The molecule has 38 heavy (non-hydrogen) atoms. The van der Waals surface area contributed by atoms with Gasteiger partial charge in [-0.25, -0.2) is 9.18 Å². The van der Waals surface area contributed by atoms with Gasteiger partial charge in [0.05, 0.1) is 42.5 Å². The summed E-state index contributed by atoms with van der Waals surface area (Å²) < 4.78 is 27.5. The number of hydrogen-bond acceptors (Lipinski definition) is 6. The number of fused-ring (bicyclic) bond motifs is 1. The molecular weight excluding hydrogens is 515 g/mol. The van der Waals surface area contributed by atoms with Gasteiger partial charge in [-0.3, -0.25) is 4.79 Å². The fourth-order valence-corrected chi connectivity index (χ4v) is 5.29. The molecule has 0 amide bonds. The lowest BCUT2D eigenvalue weighted by Gasteiger charge is -2.29. The maximum atomic E-state index is 15.2. The van der Waals surface area contributed by atoms with Crippen LogP contribution in [0.3, 0.4) is 0 Å². The molecule has 1 aliphatic heterocycles. The zero-order chi connectivity index (χ0) is 27.6. The second-order valence-electron chi connectivity index (χ2n) is 9.43. The number of aliphatic hydroxyl groups is 1. The number of anilines is 1. The maximum absolute atomic E-state index is 15.2. The van der Waals surface area contributed by atoms with Crippen molar-refractivity contribution < 1.29 is 28.9 Å². The summed E-state index contributed by atoms with van der Waals surface area (Å²) in [5, 5.41) is 20.3. The Morgan fingerprint density at radius 2 is 1.87 bits per heavy atom. The third-order valence-electron chi connectivity index (χ3n) is 7.25. The summed E-state index contributed by atoms with van der Waals surface area (Å²) in [6.07, 6.45) is 0.215. The highest BCUT2D eigenvalue weighted by molar-refractivity contribution is 6.31. The number of aliphatic hydroxyl groups excluding tert-OH is 1. The van der Waals surface area contributed by atoms with Crippen LogP contribution in [0.1, 0.15) is 47.1 Å². The van der Waals surface area contributed by atoms with Crippen LogP contribution in [-0.2, 0) is 22.3 Å². The molecule has 2 aromatic carbocycles. The smallest absolute Gasteiger partial charge is 0.352 e. The standard InChI is InChI=1S/C28H32ClFN2O6/c1-4-17-12-23-21(26(34)14-24(28(35)36)32(23)25(15-33)16(2)37-3)11-18(17)9-19-10-20(13-22(29)27(19)30)31-5-7-38-8-6-31/h10-14,16,25,33H,4-9,15H2,1-3H3,(H,35,36)/t16-,25-/m1/s1. The number of hydrogen-bond donors (Lipinski definition) is 2. The van der Waals surface area contributed by atoms with Crippen molar-refractivity contribution >= 4 is 34.2 Å². The van der Waals surface area contributed by atoms with Gasteiger partial charge in [0.1, 0.15) is 11.5 Å². The topological polar surface area (TPSA) is 101 Å². The zero-order valence-electron chi connectivity index (χ0n) is 21.7. The largest absolute Gasteiger partial charge is 0.477 e. The molecular formula is C28H32ClFN2O6. The number of carboxylic acid groups (broad SMARTS) is 1. The van der Waals surface area contributed by atoms with Gasteiger partial charge in [-0.05, 0) is 54.3 Å². The molecule has 1 saturated heterocycles. The van der Waals surface area contributed by atoms with Crippen molar-refractivity contribution in [2.45, 2.75) is 38.8 Å². The molecule has 2 atom stereocenters. The molecule has 0 radical (unpaired) electrons. The van der Waals surface area contributed by atoms with Gasteiger partial charge in [0.15, 0.2) is 5.43 Å². The number of nitrogens with zero attached hydrogens (tertiary/aromatic N) is 2. The average Bonchev–Trinajstić information content (AvgIpc) is 2.92. The van der Waals surface area contributed by atoms with Gasteiger partial charge in [0, 0.05) is 43.8 Å². The minimum absolute atomic E-state index is 0.0237. The van der Waals surface area contributed by atoms with Crippen molar-refractivity contribution in [3.05, 3.63) is 73.8 Å². The number of carboxylic acids is 1. The molecule has 1 fully saturated rings. The first-order valence-electron chi connectivity index (χ1n) is 12.6. The number of pyridine rings is 1. The predicted molar refractivity (Wildman–Crippen MR) is 144 cm³/mol. The molecule has 0 spiro atoms. The van der Waals surface area contributed by atoms with Crippen LogP contribution >= 0.6 is 11.6 Å². The molecule has 10 heteroatoms. The minimum Gasteiger partial charge on any atom is -0.477 e. The van der Waals surface area contributed by atoms with Gasteiger partial charge >= 0.3 is 5.97 Å². The molecule has 1 aromatic heterocycles. The second-order valence-corrected chi connectivity index (χ2v) is 9.84. The van der Waals surface area contributed by atoms with Crippen molar-refractivity contribution in [3.8, 4) is 0 Å². The fourth-order valence-electron chi connectivity index (χ4n) is 5.06. The first-order valence-corrected chi connectivity index (χ1v) is 13.0. The molecule has 2 heterocycles. The van der Waals surface area contributed by atoms with E-state index < -0.39 is 36.0 Å². The monoisotopic (exact) mass is 546 g/mol. The summed E-state index contributed by atoms with van der Waals surface area (Å²) in [5.74, 6) is -1.80. The quantitative estimate of drug-likeness (QED) is 0.417. The van der Waals surface area contributed by atoms with Crippen LogP contribution in [0.2, 0.25) is 5.02 Å². The molecule has 8 nitrogen and oxygen atoms in total. The first kappa shape index (κ1) is 28.0. The van der Waals surface area contributed by atoms with E-state index in [1.165, 1.54) is 11.7 Å². The Hall–Kier alpha value is -2.98. The maximum Gasteiger partial charge on any atom is 0.352 e. The van der Waals surface area contributed by atoms with Crippen molar-refractivity contribution in [3.63, 3.8) is 0 Å². The number of carbonyl (C=O) groups is 1. The Balaban J connectivity index is 1.88. The fraction of sp³-hybridized carbons (Fsp3) is 0.429. The molecule has 1 aliphatic rings. The number of benzene rings is 2. The zero-order valence-corrected chi connectivity index (χ0v) is 22.4. The van der Waals surface area contributed by atoms with E-state index in [1.807, 2.05) is 6.92 Å². The summed E-state index contributed by atoms with van der Waals surface area (Å²) in [7, 11) is 1.47. The molecule has 4 rings (SSSR count).